The lowest BCUT2D eigenvalue weighted by Crippen LogP contribution is -2.41. The molecule has 0 amide bonds. The second-order valence-electron chi connectivity index (χ2n) is 3.69. The van der Waals surface area contributed by atoms with Gasteiger partial charge in [-0.25, -0.2) is 4.39 Å². The van der Waals surface area contributed by atoms with Crippen molar-refractivity contribution in [3.63, 3.8) is 0 Å². The van der Waals surface area contributed by atoms with E-state index in [1.54, 1.807) is 0 Å². The molecule has 1 rings (SSSR count). The van der Waals surface area contributed by atoms with Gasteiger partial charge in [-0.3, -0.25) is 0 Å². The van der Waals surface area contributed by atoms with Crippen molar-refractivity contribution in [2.75, 3.05) is 6.61 Å². The minimum Gasteiger partial charge on any atom is -0.394 e. The van der Waals surface area contributed by atoms with Crippen molar-refractivity contribution in [1.29, 1.82) is 0 Å². The Labute approximate surface area is 81.1 Å². The summed E-state index contributed by atoms with van der Waals surface area (Å²) in [5, 5.41) is 26.8. The Bertz CT molecular complexity index is 198. The van der Waals surface area contributed by atoms with Crippen molar-refractivity contribution >= 4 is 0 Å². The third-order valence-corrected chi connectivity index (χ3v) is 1.97. The molecule has 6 heteroatoms. The van der Waals surface area contributed by atoms with E-state index in [0.717, 1.165) is 0 Å². The summed E-state index contributed by atoms with van der Waals surface area (Å²) in [7, 11) is 0. The molecular weight excluding hydrogens is 195 g/mol. The topological polar surface area (TPSA) is 79.2 Å². The van der Waals surface area contributed by atoms with Gasteiger partial charge in [-0.1, -0.05) is 0 Å². The van der Waals surface area contributed by atoms with E-state index in [4.69, 9.17) is 19.7 Å². The highest BCUT2D eigenvalue weighted by molar-refractivity contribution is 4.84. The monoisotopic (exact) mass is 210 g/mol. The molecule has 1 aliphatic rings. The van der Waals surface area contributed by atoms with Gasteiger partial charge in [0.15, 0.2) is 18.2 Å². The zero-order chi connectivity index (χ0) is 10.9. The quantitative estimate of drug-likeness (QED) is 0.565. The van der Waals surface area contributed by atoms with Crippen LogP contribution >= 0.6 is 0 Å². The second-order valence-corrected chi connectivity index (χ2v) is 3.69. The second kappa shape index (κ2) is 4.08. The highest BCUT2D eigenvalue weighted by atomic mass is 19.1. The molecule has 4 atom stereocenters. The predicted octanol–water partition coefficient (Wildman–Crippen LogP) is -0.852. The zero-order valence-electron chi connectivity index (χ0n) is 8.05. The molecular formula is C8H15FO5. The van der Waals surface area contributed by atoms with Crippen LogP contribution in [-0.2, 0) is 9.47 Å². The van der Waals surface area contributed by atoms with Crippen LogP contribution in [0.15, 0.2) is 0 Å². The third-order valence-electron chi connectivity index (χ3n) is 1.97. The molecule has 0 aliphatic carbocycles. The van der Waals surface area contributed by atoms with Gasteiger partial charge in [0.2, 0.25) is 0 Å². The Hall–Kier alpha value is -0.270. The largest absolute Gasteiger partial charge is 0.394 e. The number of halogens is 1. The smallest absolute Gasteiger partial charge is 0.187 e. The van der Waals surface area contributed by atoms with Gasteiger partial charge >= 0.3 is 0 Å². The van der Waals surface area contributed by atoms with Gasteiger partial charge in [0.25, 0.3) is 0 Å². The van der Waals surface area contributed by atoms with Crippen molar-refractivity contribution in [3.05, 3.63) is 0 Å². The molecule has 84 valence electrons. The van der Waals surface area contributed by atoms with E-state index < -0.39 is 37.1 Å². The molecule has 3 N–H and O–H groups in total. The van der Waals surface area contributed by atoms with Crippen LogP contribution in [0.3, 0.4) is 0 Å². The van der Waals surface area contributed by atoms with Crippen molar-refractivity contribution in [2.45, 2.75) is 44.3 Å². The first kappa shape index (κ1) is 11.8. The molecule has 0 radical (unpaired) electrons. The normalized spacial score (nSPS) is 35.6. The summed E-state index contributed by atoms with van der Waals surface area (Å²) in [6.07, 6.45) is -6.16. The first-order valence-electron chi connectivity index (χ1n) is 4.34. The average Bonchev–Trinajstić information content (AvgIpc) is 2.37. The number of rotatable bonds is 3. The van der Waals surface area contributed by atoms with Crippen LogP contribution < -0.4 is 0 Å². The van der Waals surface area contributed by atoms with Crippen molar-refractivity contribution in [3.8, 4) is 0 Å². The number of hydrogen-bond donors (Lipinski definition) is 3. The summed E-state index contributed by atoms with van der Waals surface area (Å²) in [6, 6.07) is 0. The van der Waals surface area contributed by atoms with Crippen molar-refractivity contribution in [2.24, 2.45) is 0 Å². The van der Waals surface area contributed by atoms with Gasteiger partial charge in [0.05, 0.1) is 6.61 Å². The Morgan fingerprint density at radius 3 is 2.36 bits per heavy atom. The summed E-state index contributed by atoms with van der Waals surface area (Å²) >= 11 is 0. The molecule has 1 fully saturated rings. The Kier molecular flexibility index (Phi) is 3.44. The van der Waals surface area contributed by atoms with Crippen LogP contribution in [0.1, 0.15) is 13.8 Å². The Morgan fingerprint density at radius 2 is 2.00 bits per heavy atom. The molecule has 0 aromatic heterocycles. The highest BCUT2D eigenvalue weighted by Crippen LogP contribution is 2.30. The zero-order valence-corrected chi connectivity index (χ0v) is 8.05. The lowest BCUT2D eigenvalue weighted by molar-refractivity contribution is -0.175. The first-order valence-corrected chi connectivity index (χ1v) is 4.34. The van der Waals surface area contributed by atoms with E-state index in [1.807, 2.05) is 0 Å². The summed E-state index contributed by atoms with van der Waals surface area (Å²) in [5.41, 5.74) is 0. The van der Waals surface area contributed by atoms with E-state index in [2.05, 4.69) is 0 Å². The van der Waals surface area contributed by atoms with Gasteiger partial charge in [0, 0.05) is 0 Å². The lowest BCUT2D eigenvalue weighted by Gasteiger charge is -2.21. The number of aliphatic hydroxyl groups excluding tert-OH is 3. The molecule has 0 saturated carbocycles. The maximum absolute atomic E-state index is 13.3. The fraction of sp³-hybridized carbons (Fsp3) is 1.00. The Morgan fingerprint density at radius 1 is 1.43 bits per heavy atom. The van der Waals surface area contributed by atoms with Crippen LogP contribution in [-0.4, -0.2) is 52.4 Å². The molecule has 1 aliphatic heterocycles. The van der Waals surface area contributed by atoms with Crippen molar-refractivity contribution < 1.29 is 29.2 Å². The maximum Gasteiger partial charge on any atom is 0.187 e. The molecule has 5 nitrogen and oxygen atoms in total. The molecule has 0 aromatic carbocycles. The number of hydrogen-bond acceptors (Lipinski definition) is 5. The van der Waals surface area contributed by atoms with Crippen LogP contribution in [0.5, 0.6) is 0 Å². The molecule has 0 unspecified atom stereocenters. The van der Waals surface area contributed by atoms with E-state index in [0.29, 0.717) is 0 Å². The number of aliphatic hydroxyl groups is 3. The summed E-state index contributed by atoms with van der Waals surface area (Å²) in [4.78, 5) is 0. The molecule has 14 heavy (non-hydrogen) atoms. The van der Waals surface area contributed by atoms with E-state index in [-0.39, 0.29) is 0 Å². The van der Waals surface area contributed by atoms with Gasteiger partial charge in [-0.15, -0.1) is 0 Å². The first-order chi connectivity index (χ1) is 6.37. The minimum atomic E-state index is -1.88. The highest BCUT2D eigenvalue weighted by Gasteiger charge is 2.46. The maximum atomic E-state index is 13.3. The summed E-state index contributed by atoms with van der Waals surface area (Å²) in [5.74, 6) is -1.08. The summed E-state index contributed by atoms with van der Waals surface area (Å²) in [6.45, 7) is 2.32. The van der Waals surface area contributed by atoms with E-state index >= 15 is 0 Å². The van der Waals surface area contributed by atoms with Crippen LogP contribution in [0, 0.1) is 0 Å². The fourth-order valence-corrected chi connectivity index (χ4v) is 1.31. The van der Waals surface area contributed by atoms with Crippen LogP contribution in [0.25, 0.3) is 0 Å². The molecule has 0 spiro atoms. The standard InChI is InChI=1S/C8H15FO5/c1-8(2)13-6(7(12)14-8)5(9)4(11)3-10/h4-7,10-12H,3H2,1-2H3/t4-,5+,6-,7-/m1/s1. The molecule has 1 saturated heterocycles. The lowest BCUT2D eigenvalue weighted by atomic mass is 10.1. The third kappa shape index (κ3) is 2.40. The predicted molar refractivity (Wildman–Crippen MR) is 44.0 cm³/mol. The van der Waals surface area contributed by atoms with Crippen LogP contribution in [0.4, 0.5) is 4.39 Å². The van der Waals surface area contributed by atoms with Crippen molar-refractivity contribution in [1.82, 2.24) is 0 Å². The molecule has 1 heterocycles. The van der Waals surface area contributed by atoms with Gasteiger partial charge in [0.1, 0.15) is 12.2 Å². The Balaban J connectivity index is 2.61. The SMILES string of the molecule is CC1(C)O[C@H]([C@@H](F)[C@H](O)CO)[C@H](O)O1. The van der Waals surface area contributed by atoms with Gasteiger partial charge < -0.3 is 24.8 Å². The fourth-order valence-electron chi connectivity index (χ4n) is 1.31. The summed E-state index contributed by atoms with van der Waals surface area (Å²) < 4.78 is 23.2. The number of ether oxygens (including phenoxy) is 2. The number of alkyl halides is 1. The molecule has 0 aromatic rings. The van der Waals surface area contributed by atoms with Crippen LogP contribution in [0.2, 0.25) is 0 Å². The van der Waals surface area contributed by atoms with E-state index in [9.17, 15) is 9.50 Å². The van der Waals surface area contributed by atoms with Gasteiger partial charge in [-0.2, -0.15) is 0 Å². The van der Waals surface area contributed by atoms with E-state index in [1.165, 1.54) is 13.8 Å². The average molecular weight is 210 g/mol. The minimum absolute atomic E-state index is 0.728. The molecule has 0 bridgehead atoms. The van der Waals surface area contributed by atoms with Gasteiger partial charge in [-0.05, 0) is 13.8 Å².